The predicted molar refractivity (Wildman–Crippen MR) is 127 cm³/mol. The second-order valence-corrected chi connectivity index (χ2v) is 9.31. The molecule has 1 saturated carbocycles. The summed E-state index contributed by atoms with van der Waals surface area (Å²) in [6.45, 7) is 9.03. The number of carbonyl (C=O) groups is 1. The van der Waals surface area contributed by atoms with Crippen molar-refractivity contribution >= 4 is 16.9 Å². The second-order valence-electron chi connectivity index (χ2n) is 9.31. The molecule has 2 fully saturated rings. The number of ether oxygens (including phenoxy) is 1. The van der Waals surface area contributed by atoms with Gasteiger partial charge in [0.2, 0.25) is 0 Å². The lowest BCUT2D eigenvalue weighted by atomic mass is 9.96. The van der Waals surface area contributed by atoms with E-state index in [9.17, 15) is 9.59 Å². The van der Waals surface area contributed by atoms with Crippen LogP contribution in [0.4, 0.5) is 4.79 Å². The van der Waals surface area contributed by atoms with Gasteiger partial charge in [0.25, 0.3) is 5.56 Å². The molecule has 1 aliphatic heterocycles. The normalized spacial score (nSPS) is 18.1. The van der Waals surface area contributed by atoms with Gasteiger partial charge in [-0.2, -0.15) is 0 Å². The van der Waals surface area contributed by atoms with Crippen molar-refractivity contribution in [3.8, 4) is 0 Å². The Morgan fingerprint density at radius 2 is 1.84 bits per heavy atom. The number of urea groups is 1. The monoisotopic (exact) mass is 440 g/mol. The van der Waals surface area contributed by atoms with Gasteiger partial charge in [0, 0.05) is 43.3 Å². The first-order valence-corrected chi connectivity index (χ1v) is 12.0. The van der Waals surface area contributed by atoms with Crippen molar-refractivity contribution in [3.63, 3.8) is 0 Å². The van der Waals surface area contributed by atoms with Crippen LogP contribution in [0.2, 0.25) is 0 Å². The standard InChI is InChI=1S/C25H36N4O3/c1-18-14-20-16-21(24(30)27-23(20)15-19(18)2)17-29(9-8-28-10-12-32-13-11-28)25(31)26-22-6-4-3-5-7-22/h14-16,22H,3-13,17H2,1-2H3,(H,26,31)(H,27,30). The van der Waals surface area contributed by atoms with Crippen LogP contribution in [0, 0.1) is 13.8 Å². The number of carbonyl (C=O) groups excluding carboxylic acids is 1. The molecule has 0 bridgehead atoms. The molecule has 2 aliphatic rings. The van der Waals surface area contributed by atoms with Gasteiger partial charge in [-0.3, -0.25) is 9.69 Å². The highest BCUT2D eigenvalue weighted by Gasteiger charge is 2.22. The average Bonchev–Trinajstić information content (AvgIpc) is 2.79. The number of pyridine rings is 1. The molecule has 2 N–H and O–H groups in total. The lowest BCUT2D eigenvalue weighted by molar-refractivity contribution is 0.0345. The molecule has 174 valence electrons. The molecule has 2 aromatic rings. The van der Waals surface area contributed by atoms with Crippen molar-refractivity contribution in [1.29, 1.82) is 0 Å². The zero-order valence-electron chi connectivity index (χ0n) is 19.4. The fraction of sp³-hybridized carbons (Fsp3) is 0.600. The molecule has 1 aromatic heterocycles. The van der Waals surface area contributed by atoms with E-state index in [0.717, 1.165) is 62.2 Å². The van der Waals surface area contributed by atoms with Crippen molar-refractivity contribution in [3.05, 3.63) is 45.2 Å². The van der Waals surface area contributed by atoms with Crippen LogP contribution in [0.25, 0.3) is 10.9 Å². The Morgan fingerprint density at radius 3 is 2.59 bits per heavy atom. The van der Waals surface area contributed by atoms with E-state index in [2.05, 4.69) is 28.2 Å². The quantitative estimate of drug-likeness (QED) is 0.722. The fourth-order valence-electron chi connectivity index (χ4n) is 4.70. The van der Waals surface area contributed by atoms with Gasteiger partial charge >= 0.3 is 6.03 Å². The third kappa shape index (κ3) is 5.70. The Morgan fingerprint density at radius 1 is 1.12 bits per heavy atom. The topological polar surface area (TPSA) is 77.7 Å². The van der Waals surface area contributed by atoms with E-state index < -0.39 is 0 Å². The van der Waals surface area contributed by atoms with Crippen LogP contribution in [0.15, 0.2) is 23.0 Å². The number of aromatic nitrogens is 1. The van der Waals surface area contributed by atoms with Crippen LogP contribution < -0.4 is 10.9 Å². The maximum atomic E-state index is 13.2. The van der Waals surface area contributed by atoms with Gasteiger partial charge in [-0.05, 0) is 61.4 Å². The Balaban J connectivity index is 1.52. The van der Waals surface area contributed by atoms with Crippen LogP contribution in [-0.2, 0) is 11.3 Å². The Bertz CT molecular complexity index is 991. The summed E-state index contributed by atoms with van der Waals surface area (Å²) in [5.74, 6) is 0. The van der Waals surface area contributed by atoms with E-state index in [1.165, 1.54) is 24.8 Å². The number of fused-ring (bicyclic) bond motifs is 1. The molecule has 1 aliphatic carbocycles. The zero-order valence-corrected chi connectivity index (χ0v) is 19.4. The van der Waals surface area contributed by atoms with Gasteiger partial charge in [-0.1, -0.05) is 19.3 Å². The molecule has 1 saturated heterocycles. The van der Waals surface area contributed by atoms with Crippen molar-refractivity contribution in [2.45, 2.75) is 58.5 Å². The Kier molecular flexibility index (Phi) is 7.48. The van der Waals surface area contributed by atoms with E-state index in [0.29, 0.717) is 18.7 Å². The summed E-state index contributed by atoms with van der Waals surface area (Å²) >= 11 is 0. The molecule has 2 amide bonds. The van der Waals surface area contributed by atoms with E-state index in [1.807, 2.05) is 24.0 Å². The second kappa shape index (κ2) is 10.5. The highest BCUT2D eigenvalue weighted by atomic mass is 16.5. The summed E-state index contributed by atoms with van der Waals surface area (Å²) in [7, 11) is 0. The number of nitrogens with zero attached hydrogens (tertiary/aromatic N) is 2. The van der Waals surface area contributed by atoms with Crippen LogP contribution in [0.3, 0.4) is 0 Å². The minimum atomic E-state index is -0.123. The molecule has 7 heteroatoms. The van der Waals surface area contributed by atoms with Gasteiger partial charge in [-0.25, -0.2) is 4.79 Å². The fourth-order valence-corrected chi connectivity index (χ4v) is 4.70. The third-order valence-electron chi connectivity index (χ3n) is 6.91. The minimum Gasteiger partial charge on any atom is -0.379 e. The van der Waals surface area contributed by atoms with E-state index in [4.69, 9.17) is 4.74 Å². The molecular weight excluding hydrogens is 404 g/mol. The molecule has 0 spiro atoms. The van der Waals surface area contributed by atoms with Gasteiger partial charge in [-0.15, -0.1) is 0 Å². The molecule has 1 aromatic carbocycles. The smallest absolute Gasteiger partial charge is 0.317 e. The third-order valence-corrected chi connectivity index (χ3v) is 6.91. The number of nitrogens with one attached hydrogen (secondary N) is 2. The molecule has 0 unspecified atom stereocenters. The average molecular weight is 441 g/mol. The number of benzene rings is 1. The number of morpholine rings is 1. The number of hydrogen-bond donors (Lipinski definition) is 2. The van der Waals surface area contributed by atoms with E-state index in [-0.39, 0.29) is 17.6 Å². The summed E-state index contributed by atoms with van der Waals surface area (Å²) in [6.07, 6.45) is 5.67. The Hall–Kier alpha value is -2.38. The van der Waals surface area contributed by atoms with Gasteiger partial charge in [0.1, 0.15) is 0 Å². The summed E-state index contributed by atoms with van der Waals surface area (Å²) in [5.41, 5.74) is 3.69. The summed E-state index contributed by atoms with van der Waals surface area (Å²) in [5, 5.41) is 4.23. The van der Waals surface area contributed by atoms with Crippen molar-refractivity contribution in [1.82, 2.24) is 20.1 Å². The lowest BCUT2D eigenvalue weighted by Gasteiger charge is -2.32. The summed E-state index contributed by atoms with van der Waals surface area (Å²) in [4.78, 5) is 33.2. The first-order chi connectivity index (χ1) is 15.5. The molecule has 2 heterocycles. The zero-order chi connectivity index (χ0) is 22.5. The number of amides is 2. The number of rotatable bonds is 6. The van der Waals surface area contributed by atoms with Crippen LogP contribution in [0.5, 0.6) is 0 Å². The number of hydrogen-bond acceptors (Lipinski definition) is 4. The van der Waals surface area contributed by atoms with Crippen molar-refractivity contribution < 1.29 is 9.53 Å². The Labute approximate surface area is 190 Å². The number of aryl methyl sites for hydroxylation is 2. The molecule has 0 atom stereocenters. The summed E-state index contributed by atoms with van der Waals surface area (Å²) < 4.78 is 5.44. The highest BCUT2D eigenvalue weighted by molar-refractivity contribution is 5.81. The summed E-state index contributed by atoms with van der Waals surface area (Å²) in [6, 6.07) is 6.23. The molecule has 4 rings (SSSR count). The van der Waals surface area contributed by atoms with E-state index >= 15 is 0 Å². The number of H-pyrrole nitrogens is 1. The van der Waals surface area contributed by atoms with Gasteiger partial charge in [0.05, 0.1) is 19.8 Å². The van der Waals surface area contributed by atoms with Crippen molar-refractivity contribution in [2.24, 2.45) is 0 Å². The number of aromatic amines is 1. The lowest BCUT2D eigenvalue weighted by Crippen LogP contribution is -2.49. The molecule has 7 nitrogen and oxygen atoms in total. The predicted octanol–water partition coefficient (Wildman–Crippen LogP) is 3.32. The van der Waals surface area contributed by atoms with Crippen LogP contribution in [-0.4, -0.2) is 66.2 Å². The maximum absolute atomic E-state index is 13.2. The maximum Gasteiger partial charge on any atom is 0.317 e. The molecular formula is C25H36N4O3. The molecule has 0 radical (unpaired) electrons. The van der Waals surface area contributed by atoms with Crippen molar-refractivity contribution in [2.75, 3.05) is 39.4 Å². The van der Waals surface area contributed by atoms with Gasteiger partial charge < -0.3 is 19.9 Å². The largest absolute Gasteiger partial charge is 0.379 e. The first-order valence-electron chi connectivity index (χ1n) is 12.0. The van der Waals surface area contributed by atoms with Crippen LogP contribution >= 0.6 is 0 Å². The van der Waals surface area contributed by atoms with E-state index in [1.54, 1.807) is 0 Å². The first kappa shape index (κ1) is 22.8. The molecule has 32 heavy (non-hydrogen) atoms. The highest BCUT2D eigenvalue weighted by Crippen LogP contribution is 2.19. The van der Waals surface area contributed by atoms with Crippen LogP contribution in [0.1, 0.15) is 48.8 Å². The van der Waals surface area contributed by atoms with Gasteiger partial charge in [0.15, 0.2) is 0 Å². The SMILES string of the molecule is Cc1cc2cc(CN(CCN3CCOCC3)C(=O)NC3CCCCC3)c(=O)[nH]c2cc1C. The minimum absolute atomic E-state index is 0.0651.